The van der Waals surface area contributed by atoms with Gasteiger partial charge in [0.1, 0.15) is 11.7 Å². The summed E-state index contributed by atoms with van der Waals surface area (Å²) in [5, 5.41) is 0. The van der Waals surface area contributed by atoms with E-state index in [2.05, 4.69) is 33.9 Å². The van der Waals surface area contributed by atoms with Crippen LogP contribution in [0.5, 0.6) is 5.88 Å². The van der Waals surface area contributed by atoms with Gasteiger partial charge in [0.25, 0.3) is 0 Å². The van der Waals surface area contributed by atoms with E-state index in [0.717, 1.165) is 12.8 Å². The van der Waals surface area contributed by atoms with Crippen LogP contribution in [0.2, 0.25) is 0 Å². The number of aromatic nitrogens is 1. The summed E-state index contributed by atoms with van der Waals surface area (Å²) in [7, 11) is 0. The number of carbonyl (C=O) groups is 1. The van der Waals surface area contributed by atoms with Crippen molar-refractivity contribution in [3.8, 4) is 5.88 Å². The van der Waals surface area contributed by atoms with Crippen molar-refractivity contribution in [1.29, 1.82) is 0 Å². The first-order valence-corrected chi connectivity index (χ1v) is 9.06. The Morgan fingerprint density at radius 1 is 1.57 bits per heavy atom. The molecule has 7 heteroatoms. The van der Waals surface area contributed by atoms with E-state index in [1.807, 2.05) is 26.8 Å². The van der Waals surface area contributed by atoms with Crippen molar-refractivity contribution < 1.29 is 14.3 Å². The lowest BCUT2D eigenvalue weighted by molar-refractivity contribution is 0.0266. The van der Waals surface area contributed by atoms with Crippen LogP contribution in [0, 0.1) is 0 Å². The standard InChI is InChI=1S/C14H21IN2O3S/c1-5-10-7-12(16-21-10)19-9-6-11(15)17(8-9)13(18)20-14(2,3)4/h7,9,11H,5-6,8H2,1-4H3/t9?,11-/m1/s1. The molecule has 0 aromatic carbocycles. The van der Waals surface area contributed by atoms with E-state index in [4.69, 9.17) is 9.47 Å². The molecule has 118 valence electrons. The quantitative estimate of drug-likeness (QED) is 0.420. The Bertz CT molecular complexity index is 501. The smallest absolute Gasteiger partial charge is 0.411 e. The van der Waals surface area contributed by atoms with Crippen molar-refractivity contribution in [2.75, 3.05) is 6.54 Å². The van der Waals surface area contributed by atoms with Crippen LogP contribution in [0.4, 0.5) is 4.79 Å². The fourth-order valence-corrected chi connectivity index (χ4v) is 3.64. The molecule has 1 fully saturated rings. The van der Waals surface area contributed by atoms with Crippen LogP contribution in [0.15, 0.2) is 6.07 Å². The molecule has 2 atom stereocenters. The summed E-state index contributed by atoms with van der Waals surface area (Å²) in [6.45, 7) is 8.26. The van der Waals surface area contributed by atoms with E-state index in [1.54, 1.807) is 4.90 Å². The molecular formula is C14H21IN2O3S. The molecule has 0 bridgehead atoms. The number of amides is 1. The van der Waals surface area contributed by atoms with Gasteiger partial charge in [0.2, 0.25) is 5.88 Å². The lowest BCUT2D eigenvalue weighted by atomic mass is 10.2. The van der Waals surface area contributed by atoms with Crippen LogP contribution in [0.25, 0.3) is 0 Å². The largest absolute Gasteiger partial charge is 0.472 e. The predicted molar refractivity (Wildman–Crippen MR) is 91.3 cm³/mol. The van der Waals surface area contributed by atoms with Crippen LogP contribution in [-0.2, 0) is 11.2 Å². The number of ether oxygens (including phenoxy) is 2. The molecule has 0 radical (unpaired) electrons. The topological polar surface area (TPSA) is 51.7 Å². The maximum Gasteiger partial charge on any atom is 0.411 e. The number of alkyl halides is 1. The highest BCUT2D eigenvalue weighted by Crippen LogP contribution is 2.29. The fraction of sp³-hybridized carbons (Fsp3) is 0.714. The number of hydrogen-bond donors (Lipinski definition) is 0. The fourth-order valence-electron chi connectivity index (χ4n) is 2.03. The van der Waals surface area contributed by atoms with Crippen LogP contribution in [-0.4, -0.2) is 37.7 Å². The van der Waals surface area contributed by atoms with E-state index < -0.39 is 5.60 Å². The average molecular weight is 424 g/mol. The highest BCUT2D eigenvalue weighted by Gasteiger charge is 2.37. The highest BCUT2D eigenvalue weighted by molar-refractivity contribution is 14.1. The SMILES string of the molecule is CCc1cc(OC2C[C@H](I)N(C(=O)OC(C)(C)C)C2)ns1. The zero-order valence-electron chi connectivity index (χ0n) is 12.8. The molecule has 0 spiro atoms. The number of hydrogen-bond acceptors (Lipinski definition) is 5. The number of likely N-dealkylation sites (tertiary alicyclic amines) is 1. The van der Waals surface area contributed by atoms with E-state index in [0.29, 0.717) is 12.4 Å². The molecule has 1 amide bonds. The van der Waals surface area contributed by atoms with Gasteiger partial charge in [-0.1, -0.05) is 29.5 Å². The zero-order chi connectivity index (χ0) is 15.6. The third-order valence-corrected chi connectivity index (χ3v) is 5.09. The molecule has 1 unspecified atom stereocenters. The number of nitrogens with zero attached hydrogens (tertiary/aromatic N) is 2. The monoisotopic (exact) mass is 424 g/mol. The van der Waals surface area contributed by atoms with Crippen molar-refractivity contribution in [2.24, 2.45) is 0 Å². The highest BCUT2D eigenvalue weighted by atomic mass is 127. The molecule has 0 aliphatic carbocycles. The minimum atomic E-state index is -0.475. The van der Waals surface area contributed by atoms with E-state index in [1.165, 1.54) is 16.4 Å². The molecule has 1 aromatic heterocycles. The van der Waals surface area contributed by atoms with Gasteiger partial charge in [0.05, 0.1) is 10.6 Å². The second-order valence-electron chi connectivity index (χ2n) is 6.03. The van der Waals surface area contributed by atoms with Gasteiger partial charge in [-0.3, -0.25) is 4.90 Å². The van der Waals surface area contributed by atoms with Crippen LogP contribution < -0.4 is 4.74 Å². The van der Waals surface area contributed by atoms with Crippen molar-refractivity contribution in [1.82, 2.24) is 9.27 Å². The lowest BCUT2D eigenvalue weighted by Gasteiger charge is -2.26. The summed E-state index contributed by atoms with van der Waals surface area (Å²) >= 11 is 3.73. The van der Waals surface area contributed by atoms with E-state index in [-0.39, 0.29) is 16.2 Å². The summed E-state index contributed by atoms with van der Waals surface area (Å²) in [5.74, 6) is 0.663. The van der Waals surface area contributed by atoms with Gasteiger partial charge in [-0.2, -0.15) is 4.37 Å². The van der Waals surface area contributed by atoms with Gasteiger partial charge >= 0.3 is 6.09 Å². The summed E-state index contributed by atoms with van der Waals surface area (Å²) in [4.78, 5) is 15.1. The molecule has 0 N–H and O–H groups in total. The maximum atomic E-state index is 12.1. The summed E-state index contributed by atoms with van der Waals surface area (Å²) in [6, 6.07) is 1.98. The molecule has 1 aliphatic heterocycles. The maximum absolute atomic E-state index is 12.1. The predicted octanol–water partition coefficient (Wildman–Crippen LogP) is 3.85. The Morgan fingerprint density at radius 2 is 2.29 bits per heavy atom. The summed E-state index contributed by atoms with van der Waals surface area (Å²) in [6.07, 6.45) is 1.45. The molecule has 2 heterocycles. The van der Waals surface area contributed by atoms with Crippen molar-refractivity contribution in [3.05, 3.63) is 10.9 Å². The molecule has 21 heavy (non-hydrogen) atoms. The molecule has 5 nitrogen and oxygen atoms in total. The Balaban J connectivity index is 1.92. The summed E-state index contributed by atoms with van der Waals surface area (Å²) < 4.78 is 15.7. The first-order chi connectivity index (χ1) is 9.78. The Labute approximate surface area is 143 Å². The first-order valence-electron chi connectivity index (χ1n) is 7.04. The van der Waals surface area contributed by atoms with Gasteiger partial charge in [0, 0.05) is 17.4 Å². The number of halogens is 1. The van der Waals surface area contributed by atoms with Gasteiger partial charge < -0.3 is 9.47 Å². The van der Waals surface area contributed by atoms with Gasteiger partial charge in [-0.05, 0) is 38.7 Å². The lowest BCUT2D eigenvalue weighted by Crippen LogP contribution is -2.38. The van der Waals surface area contributed by atoms with E-state index >= 15 is 0 Å². The number of rotatable bonds is 3. The Morgan fingerprint density at radius 3 is 2.86 bits per heavy atom. The van der Waals surface area contributed by atoms with Gasteiger partial charge in [-0.15, -0.1) is 0 Å². The van der Waals surface area contributed by atoms with Gasteiger partial charge in [0.15, 0.2) is 0 Å². The van der Waals surface area contributed by atoms with Crippen molar-refractivity contribution >= 4 is 40.2 Å². The Hall–Kier alpha value is -0.570. The molecule has 1 saturated heterocycles. The zero-order valence-corrected chi connectivity index (χ0v) is 15.7. The second kappa shape index (κ2) is 6.68. The molecule has 1 aliphatic rings. The molecular weight excluding hydrogens is 403 g/mol. The molecule has 0 saturated carbocycles. The number of carbonyl (C=O) groups excluding carboxylic acids is 1. The first kappa shape index (κ1) is 16.8. The van der Waals surface area contributed by atoms with Crippen molar-refractivity contribution in [3.63, 3.8) is 0 Å². The van der Waals surface area contributed by atoms with Gasteiger partial charge in [-0.25, -0.2) is 4.79 Å². The van der Waals surface area contributed by atoms with Crippen LogP contribution in [0.1, 0.15) is 39.0 Å². The molecule has 1 aromatic rings. The molecule has 2 rings (SSSR count). The summed E-state index contributed by atoms with van der Waals surface area (Å²) in [5.41, 5.74) is -0.475. The minimum Gasteiger partial charge on any atom is -0.472 e. The minimum absolute atomic E-state index is 0.0220. The third-order valence-electron chi connectivity index (χ3n) is 3.00. The normalized spacial score (nSPS) is 22.4. The average Bonchev–Trinajstić information content (AvgIpc) is 2.94. The van der Waals surface area contributed by atoms with Crippen molar-refractivity contribution in [2.45, 2.75) is 56.3 Å². The second-order valence-corrected chi connectivity index (χ2v) is 8.36. The van der Waals surface area contributed by atoms with E-state index in [9.17, 15) is 4.79 Å². The third kappa shape index (κ3) is 4.70. The van der Waals surface area contributed by atoms with Crippen LogP contribution >= 0.6 is 34.1 Å². The number of aryl methyl sites for hydroxylation is 1. The Kier molecular flexibility index (Phi) is 5.34. The van der Waals surface area contributed by atoms with Crippen LogP contribution in [0.3, 0.4) is 0 Å².